The second kappa shape index (κ2) is 9.40. The van der Waals surface area contributed by atoms with Crippen molar-refractivity contribution in [2.24, 2.45) is 5.10 Å². The van der Waals surface area contributed by atoms with Gasteiger partial charge in [0.05, 0.1) is 11.8 Å². The van der Waals surface area contributed by atoms with E-state index in [0.717, 1.165) is 50.4 Å². The maximum absolute atomic E-state index is 6.47. The van der Waals surface area contributed by atoms with Gasteiger partial charge in [0.25, 0.3) is 0 Å². The van der Waals surface area contributed by atoms with Gasteiger partial charge in [-0.3, -0.25) is 0 Å². The molecule has 35 heavy (non-hydrogen) atoms. The van der Waals surface area contributed by atoms with E-state index in [4.69, 9.17) is 26.2 Å². The third kappa shape index (κ3) is 4.54. The molecule has 0 N–H and O–H groups in total. The van der Waals surface area contributed by atoms with Crippen LogP contribution in [0.2, 0.25) is 5.02 Å². The van der Waals surface area contributed by atoms with Gasteiger partial charge in [-0.25, -0.2) is 5.01 Å². The normalized spacial score (nSPS) is 18.3. The number of rotatable bonds is 5. The fourth-order valence-electron chi connectivity index (χ4n) is 4.56. The summed E-state index contributed by atoms with van der Waals surface area (Å²) < 4.78 is 13.5. The third-order valence-electron chi connectivity index (χ3n) is 6.34. The summed E-state index contributed by atoms with van der Waals surface area (Å²) >= 11 is 9.87. The monoisotopic (exact) mass is 544 g/mol. The highest BCUT2D eigenvalue weighted by atomic mass is 79.9. The average molecular weight is 546 g/mol. The molecule has 0 amide bonds. The van der Waals surface area contributed by atoms with Crippen LogP contribution in [0.4, 0.5) is 0 Å². The summed E-state index contributed by atoms with van der Waals surface area (Å²) in [5, 5.41) is 7.79. The summed E-state index contributed by atoms with van der Waals surface area (Å²) in [7, 11) is 0. The van der Waals surface area contributed by atoms with Crippen LogP contribution >= 0.6 is 27.5 Å². The van der Waals surface area contributed by atoms with Crippen LogP contribution in [0.3, 0.4) is 0 Å². The predicted octanol–water partition coefficient (Wildman–Crippen LogP) is 7.92. The van der Waals surface area contributed by atoms with Crippen LogP contribution in [0, 0.1) is 0 Å². The molecule has 0 aromatic heterocycles. The van der Waals surface area contributed by atoms with Gasteiger partial charge in [0.15, 0.2) is 0 Å². The maximum atomic E-state index is 6.47. The van der Waals surface area contributed by atoms with Crippen molar-refractivity contribution in [2.45, 2.75) is 25.3 Å². The van der Waals surface area contributed by atoms with E-state index >= 15 is 0 Å². The van der Waals surface area contributed by atoms with E-state index in [1.807, 2.05) is 60.7 Å². The Morgan fingerprint density at radius 1 is 0.943 bits per heavy atom. The second-order valence-electron chi connectivity index (χ2n) is 8.65. The van der Waals surface area contributed by atoms with Crippen LogP contribution in [-0.2, 0) is 6.61 Å². The summed E-state index contributed by atoms with van der Waals surface area (Å²) in [6.07, 6.45) is 0.442. The van der Waals surface area contributed by atoms with Crippen molar-refractivity contribution in [3.8, 4) is 11.5 Å². The quantitative estimate of drug-likeness (QED) is 0.255. The molecular formula is C29H22BrClN2O2. The van der Waals surface area contributed by atoms with Crippen LogP contribution in [0.25, 0.3) is 0 Å². The number of fused-ring (bicyclic) bond motifs is 3. The van der Waals surface area contributed by atoms with E-state index in [1.165, 1.54) is 0 Å². The van der Waals surface area contributed by atoms with Gasteiger partial charge in [0.2, 0.25) is 6.23 Å². The fraction of sp³-hybridized carbons (Fsp3) is 0.138. The first-order valence-electron chi connectivity index (χ1n) is 11.5. The lowest BCUT2D eigenvalue weighted by molar-refractivity contribution is -0.0190. The highest BCUT2D eigenvalue weighted by Gasteiger charge is 2.41. The molecule has 0 fully saturated rings. The largest absolute Gasteiger partial charge is 0.489 e. The van der Waals surface area contributed by atoms with Crippen molar-refractivity contribution in [3.63, 3.8) is 0 Å². The van der Waals surface area contributed by atoms with E-state index in [1.54, 1.807) is 0 Å². The van der Waals surface area contributed by atoms with Crippen molar-refractivity contribution < 1.29 is 9.47 Å². The molecule has 4 nitrogen and oxygen atoms in total. The zero-order valence-electron chi connectivity index (χ0n) is 18.8. The number of nitrogens with zero attached hydrogens (tertiary/aromatic N) is 2. The van der Waals surface area contributed by atoms with E-state index in [2.05, 4.69) is 57.3 Å². The molecule has 0 saturated carbocycles. The SMILES string of the molecule is Clc1ccc2c(c1)C1CC(c3ccc(Br)cc3)=NN1C(c1ccc(OCc3ccccc3)cc1)O2. The zero-order valence-corrected chi connectivity index (χ0v) is 21.1. The predicted molar refractivity (Wildman–Crippen MR) is 142 cm³/mol. The molecule has 174 valence electrons. The van der Waals surface area contributed by atoms with E-state index in [-0.39, 0.29) is 12.3 Å². The molecule has 6 rings (SSSR count). The summed E-state index contributed by atoms with van der Waals surface area (Å²) in [4.78, 5) is 0. The Bertz CT molecular complexity index is 1370. The Labute approximate surface area is 217 Å². The van der Waals surface area contributed by atoms with E-state index < -0.39 is 0 Å². The second-order valence-corrected chi connectivity index (χ2v) is 10.0. The molecule has 2 heterocycles. The Hall–Kier alpha value is -3.28. The summed E-state index contributed by atoms with van der Waals surface area (Å²) in [5.74, 6) is 1.66. The molecule has 2 unspecified atom stereocenters. The highest BCUT2D eigenvalue weighted by molar-refractivity contribution is 9.10. The zero-order chi connectivity index (χ0) is 23.8. The molecule has 0 saturated heterocycles. The molecule has 0 radical (unpaired) electrons. The van der Waals surface area contributed by atoms with E-state index in [0.29, 0.717) is 11.6 Å². The van der Waals surface area contributed by atoms with Gasteiger partial charge in [-0.1, -0.05) is 70.0 Å². The molecule has 6 heteroatoms. The van der Waals surface area contributed by atoms with Crippen LogP contribution in [0.15, 0.2) is 107 Å². The fourth-order valence-corrected chi connectivity index (χ4v) is 5.01. The van der Waals surface area contributed by atoms with Crippen molar-refractivity contribution in [2.75, 3.05) is 0 Å². The van der Waals surface area contributed by atoms with Crippen molar-refractivity contribution in [3.05, 3.63) is 129 Å². The van der Waals surface area contributed by atoms with Crippen LogP contribution in [0.1, 0.15) is 40.9 Å². The molecule has 4 aromatic rings. The number of halogens is 2. The highest BCUT2D eigenvalue weighted by Crippen LogP contribution is 2.48. The van der Waals surface area contributed by atoms with Gasteiger partial charge in [-0.15, -0.1) is 0 Å². The standard InChI is InChI=1S/C29H22BrClN2O2/c30-22-10-6-20(7-11-22)26-17-27-25-16-23(31)12-15-28(25)35-29(33(27)32-26)21-8-13-24(14-9-21)34-18-19-4-2-1-3-5-19/h1-16,27,29H,17-18H2. The van der Waals surface area contributed by atoms with Crippen molar-refractivity contribution >= 4 is 33.2 Å². The van der Waals surface area contributed by atoms with Crippen molar-refractivity contribution in [1.29, 1.82) is 0 Å². The lowest BCUT2D eigenvalue weighted by Gasteiger charge is -2.38. The molecule has 0 spiro atoms. The number of hydrogen-bond donors (Lipinski definition) is 0. The molecule has 2 aliphatic rings. The summed E-state index contributed by atoms with van der Waals surface area (Å²) in [6, 6.07) is 32.4. The number of hydrazone groups is 1. The van der Waals surface area contributed by atoms with Gasteiger partial charge in [0.1, 0.15) is 18.1 Å². The van der Waals surface area contributed by atoms with Crippen LogP contribution in [-0.4, -0.2) is 10.7 Å². The van der Waals surface area contributed by atoms with E-state index in [9.17, 15) is 0 Å². The topological polar surface area (TPSA) is 34.1 Å². The first kappa shape index (κ1) is 22.2. The minimum Gasteiger partial charge on any atom is -0.489 e. The van der Waals surface area contributed by atoms with Gasteiger partial charge in [0, 0.05) is 27.0 Å². The Balaban J connectivity index is 1.29. The Kier molecular flexibility index (Phi) is 5.96. The van der Waals surface area contributed by atoms with Gasteiger partial charge in [-0.2, -0.15) is 5.10 Å². The molecular weight excluding hydrogens is 524 g/mol. The van der Waals surface area contributed by atoms with Crippen LogP contribution < -0.4 is 9.47 Å². The lowest BCUT2D eigenvalue weighted by atomic mass is 9.96. The minimum absolute atomic E-state index is 0.0510. The average Bonchev–Trinajstić information content (AvgIpc) is 3.34. The first-order valence-corrected chi connectivity index (χ1v) is 12.7. The Morgan fingerprint density at radius 3 is 2.49 bits per heavy atom. The molecule has 0 bridgehead atoms. The maximum Gasteiger partial charge on any atom is 0.213 e. The van der Waals surface area contributed by atoms with Gasteiger partial charge >= 0.3 is 0 Å². The van der Waals surface area contributed by atoms with Gasteiger partial charge < -0.3 is 9.47 Å². The van der Waals surface area contributed by atoms with Gasteiger partial charge in [-0.05, 0) is 65.7 Å². The third-order valence-corrected chi connectivity index (χ3v) is 7.11. The van der Waals surface area contributed by atoms with Crippen molar-refractivity contribution in [1.82, 2.24) is 5.01 Å². The number of hydrogen-bond acceptors (Lipinski definition) is 4. The van der Waals surface area contributed by atoms with Crippen LogP contribution in [0.5, 0.6) is 11.5 Å². The smallest absolute Gasteiger partial charge is 0.213 e. The molecule has 0 aliphatic carbocycles. The Morgan fingerprint density at radius 2 is 1.71 bits per heavy atom. The number of benzene rings is 4. The summed E-state index contributed by atoms with van der Waals surface area (Å²) in [5.41, 5.74) is 5.36. The first-order chi connectivity index (χ1) is 17.1. The molecule has 2 aliphatic heterocycles. The summed E-state index contributed by atoms with van der Waals surface area (Å²) in [6.45, 7) is 0.531. The molecule has 2 atom stereocenters. The lowest BCUT2D eigenvalue weighted by Crippen LogP contribution is -2.33. The number of ether oxygens (including phenoxy) is 2. The minimum atomic E-state index is -0.343. The molecule has 4 aromatic carbocycles.